The Morgan fingerprint density at radius 2 is 1.52 bits per heavy atom. The van der Waals surface area contributed by atoms with Crippen molar-refractivity contribution in [2.75, 3.05) is 17.2 Å². The standard InChI is InChI=1S/C11H10I3N3O4/c1-3(18)16-9-6(12)5(11(20)21)7(13)10(8(9)14)17-4(19)2-15/h2,15H2,1H3,(H,16,18)(H,17,19)(H,20,21). The lowest BCUT2D eigenvalue weighted by Gasteiger charge is -2.18. The highest BCUT2D eigenvalue weighted by molar-refractivity contribution is 14.1. The van der Waals surface area contributed by atoms with Crippen LogP contribution in [-0.4, -0.2) is 29.4 Å². The third kappa shape index (κ3) is 4.38. The van der Waals surface area contributed by atoms with Gasteiger partial charge >= 0.3 is 5.97 Å². The molecular formula is C11H10I3N3O4. The number of anilines is 2. The lowest BCUT2D eigenvalue weighted by Crippen LogP contribution is -2.24. The maximum absolute atomic E-state index is 11.5. The predicted molar refractivity (Wildman–Crippen MR) is 104 cm³/mol. The van der Waals surface area contributed by atoms with Crippen LogP contribution in [0.25, 0.3) is 0 Å². The molecule has 2 amide bonds. The number of benzene rings is 1. The molecule has 0 aromatic heterocycles. The van der Waals surface area contributed by atoms with Crippen molar-refractivity contribution in [2.45, 2.75) is 6.92 Å². The van der Waals surface area contributed by atoms with Gasteiger partial charge in [-0.1, -0.05) is 0 Å². The van der Waals surface area contributed by atoms with Crippen LogP contribution in [0.2, 0.25) is 0 Å². The van der Waals surface area contributed by atoms with E-state index in [0.717, 1.165) is 0 Å². The molecule has 0 saturated carbocycles. The highest BCUT2D eigenvalue weighted by atomic mass is 127. The fourth-order valence-electron chi connectivity index (χ4n) is 1.44. The topological polar surface area (TPSA) is 122 Å². The minimum absolute atomic E-state index is 0.0210. The second kappa shape index (κ2) is 7.87. The van der Waals surface area contributed by atoms with Crippen molar-refractivity contribution < 1.29 is 19.5 Å². The van der Waals surface area contributed by atoms with Crippen LogP contribution in [0.4, 0.5) is 11.4 Å². The number of carbonyl (C=O) groups is 3. The van der Waals surface area contributed by atoms with Gasteiger partial charge in [0.2, 0.25) is 11.8 Å². The van der Waals surface area contributed by atoms with E-state index in [-0.39, 0.29) is 18.0 Å². The Morgan fingerprint density at radius 3 is 1.90 bits per heavy atom. The van der Waals surface area contributed by atoms with Crippen molar-refractivity contribution in [3.8, 4) is 0 Å². The normalized spacial score (nSPS) is 10.1. The van der Waals surface area contributed by atoms with Crippen LogP contribution in [0.1, 0.15) is 17.3 Å². The zero-order valence-electron chi connectivity index (χ0n) is 10.6. The van der Waals surface area contributed by atoms with E-state index < -0.39 is 11.9 Å². The Bertz CT molecular complexity index is 634. The van der Waals surface area contributed by atoms with Crippen molar-refractivity contribution in [1.82, 2.24) is 0 Å². The summed E-state index contributed by atoms with van der Waals surface area (Å²) in [5.74, 6) is -1.92. The average molecular weight is 629 g/mol. The molecule has 1 rings (SSSR count). The zero-order chi connectivity index (χ0) is 16.3. The summed E-state index contributed by atoms with van der Waals surface area (Å²) < 4.78 is 1.32. The van der Waals surface area contributed by atoms with E-state index in [1.54, 1.807) is 0 Å². The molecule has 1 aromatic carbocycles. The molecule has 1 aromatic rings. The van der Waals surface area contributed by atoms with E-state index in [9.17, 15) is 19.5 Å². The quantitative estimate of drug-likeness (QED) is 0.381. The van der Waals surface area contributed by atoms with Gasteiger partial charge in [0.15, 0.2) is 0 Å². The summed E-state index contributed by atoms with van der Waals surface area (Å²) in [5.41, 5.74) is 5.97. The second-order valence-electron chi connectivity index (χ2n) is 3.81. The number of amides is 2. The largest absolute Gasteiger partial charge is 0.478 e. The van der Waals surface area contributed by atoms with E-state index in [0.29, 0.717) is 22.1 Å². The van der Waals surface area contributed by atoms with Crippen LogP contribution in [0, 0.1) is 10.7 Å². The predicted octanol–water partition coefficient (Wildman–Crippen LogP) is 2.05. The molecule has 10 heteroatoms. The first-order chi connectivity index (χ1) is 9.70. The molecular weight excluding hydrogens is 619 g/mol. The number of halogens is 3. The molecule has 0 fully saturated rings. The molecule has 0 radical (unpaired) electrons. The number of carboxylic acid groups (broad SMARTS) is 1. The van der Waals surface area contributed by atoms with Gasteiger partial charge < -0.3 is 21.5 Å². The van der Waals surface area contributed by atoms with Crippen molar-refractivity contribution in [3.63, 3.8) is 0 Å². The van der Waals surface area contributed by atoms with Gasteiger partial charge in [-0.25, -0.2) is 4.79 Å². The summed E-state index contributed by atoms with van der Waals surface area (Å²) in [7, 11) is 0. The van der Waals surface area contributed by atoms with Gasteiger partial charge in [-0.15, -0.1) is 0 Å². The third-order valence-electron chi connectivity index (χ3n) is 2.28. The smallest absolute Gasteiger partial charge is 0.338 e. The summed E-state index contributed by atoms with van der Waals surface area (Å²) in [6.07, 6.45) is 0. The Morgan fingerprint density at radius 1 is 1.05 bits per heavy atom. The molecule has 0 unspecified atom stereocenters. The first-order valence-corrected chi connectivity index (χ1v) is 8.65. The SMILES string of the molecule is CC(=O)Nc1c(I)c(NC(=O)CN)c(I)c(C(=O)O)c1I. The summed E-state index contributed by atoms with van der Waals surface area (Å²) in [5, 5.41) is 14.5. The van der Waals surface area contributed by atoms with Crippen LogP contribution >= 0.6 is 67.8 Å². The first-order valence-electron chi connectivity index (χ1n) is 5.41. The van der Waals surface area contributed by atoms with Gasteiger partial charge in [0, 0.05) is 6.92 Å². The first kappa shape index (κ1) is 18.8. The van der Waals surface area contributed by atoms with Gasteiger partial charge in [-0.3, -0.25) is 9.59 Å². The molecule has 5 N–H and O–H groups in total. The summed E-state index contributed by atoms with van der Waals surface area (Å²) in [4.78, 5) is 34.2. The van der Waals surface area contributed by atoms with Crippen LogP contribution in [0.5, 0.6) is 0 Å². The number of carboxylic acids is 1. The third-order valence-corrected chi connectivity index (χ3v) is 5.52. The zero-order valence-corrected chi connectivity index (χ0v) is 17.1. The maximum Gasteiger partial charge on any atom is 0.338 e. The summed E-state index contributed by atoms with van der Waals surface area (Å²) in [6, 6.07) is 0. The minimum atomic E-state index is -1.14. The van der Waals surface area contributed by atoms with Gasteiger partial charge in [0.1, 0.15) is 0 Å². The molecule has 114 valence electrons. The molecule has 21 heavy (non-hydrogen) atoms. The Labute approximate surface area is 161 Å². The van der Waals surface area contributed by atoms with E-state index in [1.165, 1.54) is 6.92 Å². The molecule has 7 nitrogen and oxygen atoms in total. The van der Waals surface area contributed by atoms with Gasteiger partial charge in [0.25, 0.3) is 0 Å². The van der Waals surface area contributed by atoms with Gasteiger partial charge in [-0.05, 0) is 67.8 Å². The van der Waals surface area contributed by atoms with Crippen LogP contribution < -0.4 is 16.4 Å². The molecule has 0 saturated heterocycles. The Hall–Kier alpha value is -0.220. The van der Waals surface area contributed by atoms with Gasteiger partial charge in [-0.2, -0.15) is 0 Å². The lowest BCUT2D eigenvalue weighted by atomic mass is 10.1. The number of carbonyl (C=O) groups excluding carboxylic acids is 2. The number of hydrogen-bond donors (Lipinski definition) is 4. The van der Waals surface area contributed by atoms with E-state index in [4.69, 9.17) is 5.73 Å². The minimum Gasteiger partial charge on any atom is -0.478 e. The number of hydrogen-bond acceptors (Lipinski definition) is 4. The molecule has 0 aliphatic carbocycles. The number of nitrogens with one attached hydrogen (secondary N) is 2. The van der Waals surface area contributed by atoms with Crippen LogP contribution in [0.3, 0.4) is 0 Å². The fourth-order valence-corrected chi connectivity index (χ4v) is 5.60. The van der Waals surface area contributed by atoms with E-state index >= 15 is 0 Å². The van der Waals surface area contributed by atoms with E-state index in [2.05, 4.69) is 10.6 Å². The fraction of sp³-hybridized carbons (Fsp3) is 0.182. The second-order valence-corrected chi connectivity index (χ2v) is 7.04. The molecule has 0 heterocycles. The molecule has 0 aliphatic rings. The molecule has 0 bridgehead atoms. The summed E-state index contributed by atoms with van der Waals surface area (Å²) in [6.45, 7) is 1.10. The van der Waals surface area contributed by atoms with Crippen molar-refractivity contribution in [2.24, 2.45) is 5.73 Å². The highest BCUT2D eigenvalue weighted by Gasteiger charge is 2.25. The highest BCUT2D eigenvalue weighted by Crippen LogP contribution is 2.38. The van der Waals surface area contributed by atoms with Crippen LogP contribution in [-0.2, 0) is 9.59 Å². The Kier molecular flexibility index (Phi) is 7.05. The monoisotopic (exact) mass is 629 g/mol. The number of nitrogens with two attached hydrogens (primary N) is 1. The maximum atomic E-state index is 11.5. The number of rotatable bonds is 4. The average Bonchev–Trinajstić information content (AvgIpc) is 2.38. The van der Waals surface area contributed by atoms with Crippen molar-refractivity contribution in [1.29, 1.82) is 0 Å². The lowest BCUT2D eigenvalue weighted by molar-refractivity contribution is -0.115. The number of aromatic carboxylic acids is 1. The van der Waals surface area contributed by atoms with Crippen LogP contribution in [0.15, 0.2) is 0 Å². The molecule has 0 aliphatic heterocycles. The molecule has 0 atom stereocenters. The van der Waals surface area contributed by atoms with Crippen molar-refractivity contribution >= 4 is 96.9 Å². The summed E-state index contributed by atoms with van der Waals surface area (Å²) >= 11 is 5.65. The Balaban J connectivity index is 3.62. The van der Waals surface area contributed by atoms with Crippen molar-refractivity contribution in [3.05, 3.63) is 16.3 Å². The molecule has 0 spiro atoms. The van der Waals surface area contributed by atoms with Gasteiger partial charge in [0.05, 0.1) is 34.2 Å². The van der Waals surface area contributed by atoms with E-state index in [1.807, 2.05) is 67.8 Å².